The van der Waals surface area contributed by atoms with Gasteiger partial charge >= 0.3 is 5.97 Å². The predicted octanol–water partition coefficient (Wildman–Crippen LogP) is 4.84. The Morgan fingerprint density at radius 3 is 2.58 bits per heavy atom. The molecule has 0 aliphatic heterocycles. The minimum absolute atomic E-state index is 0.286. The van der Waals surface area contributed by atoms with Gasteiger partial charge in [-0.15, -0.1) is 11.3 Å². The van der Waals surface area contributed by atoms with Crippen LogP contribution in [0.5, 0.6) is 0 Å². The average molecular weight is 533 g/mol. The molecule has 10 heteroatoms. The standard InChI is InChI=1S/C28H28N4O5S/c1-5-11-37-28(36)19-7-6-8-20(13-19)30-22(33)14-32-15-29-26-23(27(32)35)18(4)24(38-26)25(34)31-21-10-9-16(2)12-17(21)3/h6-10,12-13,15H,5,11,14H2,1-4H3,(H,30,33)(H,31,34). The summed E-state index contributed by atoms with van der Waals surface area (Å²) in [6.45, 7) is 7.52. The molecule has 0 bridgehead atoms. The van der Waals surface area contributed by atoms with Crippen LogP contribution in [-0.2, 0) is 16.1 Å². The van der Waals surface area contributed by atoms with Gasteiger partial charge in [0.05, 0.1) is 28.8 Å². The molecule has 196 valence electrons. The topological polar surface area (TPSA) is 119 Å². The van der Waals surface area contributed by atoms with E-state index in [1.165, 1.54) is 17.0 Å². The second-order valence-corrected chi connectivity index (χ2v) is 9.95. The number of anilines is 2. The molecule has 4 rings (SSSR count). The zero-order valence-electron chi connectivity index (χ0n) is 21.6. The van der Waals surface area contributed by atoms with Gasteiger partial charge in [-0.3, -0.25) is 19.0 Å². The first-order valence-corrected chi connectivity index (χ1v) is 12.9. The summed E-state index contributed by atoms with van der Waals surface area (Å²) in [5.74, 6) is -1.26. The first-order chi connectivity index (χ1) is 18.2. The van der Waals surface area contributed by atoms with E-state index in [0.717, 1.165) is 22.5 Å². The van der Waals surface area contributed by atoms with Crippen LogP contribution in [0.15, 0.2) is 53.6 Å². The van der Waals surface area contributed by atoms with Crippen LogP contribution < -0.4 is 16.2 Å². The summed E-state index contributed by atoms with van der Waals surface area (Å²) in [7, 11) is 0. The minimum Gasteiger partial charge on any atom is -0.462 e. The van der Waals surface area contributed by atoms with Crippen LogP contribution in [0.1, 0.15) is 50.1 Å². The number of rotatable bonds is 8. The highest BCUT2D eigenvalue weighted by atomic mass is 32.1. The van der Waals surface area contributed by atoms with Gasteiger partial charge in [0, 0.05) is 11.4 Å². The maximum absolute atomic E-state index is 13.2. The number of amides is 2. The molecule has 0 saturated carbocycles. The van der Waals surface area contributed by atoms with Gasteiger partial charge in [-0.05, 0) is 62.6 Å². The first-order valence-electron chi connectivity index (χ1n) is 12.1. The minimum atomic E-state index is -0.473. The van der Waals surface area contributed by atoms with Crippen molar-refractivity contribution in [3.8, 4) is 0 Å². The zero-order valence-corrected chi connectivity index (χ0v) is 22.4. The monoisotopic (exact) mass is 532 g/mol. The van der Waals surface area contributed by atoms with Crippen LogP contribution in [0.2, 0.25) is 0 Å². The second kappa shape index (κ2) is 11.4. The van der Waals surface area contributed by atoms with E-state index in [0.29, 0.717) is 50.6 Å². The Kier molecular flexibility index (Phi) is 8.02. The van der Waals surface area contributed by atoms with Crippen molar-refractivity contribution >= 4 is 50.7 Å². The lowest BCUT2D eigenvalue weighted by Gasteiger charge is -2.09. The molecule has 2 heterocycles. The molecule has 2 N–H and O–H groups in total. The van der Waals surface area contributed by atoms with Gasteiger partial charge in [-0.2, -0.15) is 0 Å². The van der Waals surface area contributed by atoms with Crippen LogP contribution in [0.25, 0.3) is 10.2 Å². The molecule has 38 heavy (non-hydrogen) atoms. The molecular weight excluding hydrogens is 504 g/mol. The van der Waals surface area contributed by atoms with Gasteiger partial charge in [-0.25, -0.2) is 9.78 Å². The zero-order chi connectivity index (χ0) is 27.4. The van der Waals surface area contributed by atoms with Crippen molar-refractivity contribution in [2.45, 2.75) is 40.7 Å². The van der Waals surface area contributed by atoms with Gasteiger partial charge < -0.3 is 15.4 Å². The Balaban J connectivity index is 1.52. The first kappa shape index (κ1) is 26.7. The third-order valence-corrected chi connectivity index (χ3v) is 7.09. The number of carbonyl (C=O) groups is 3. The summed E-state index contributed by atoms with van der Waals surface area (Å²) >= 11 is 1.13. The molecule has 0 saturated heterocycles. The van der Waals surface area contributed by atoms with Crippen molar-refractivity contribution in [2.24, 2.45) is 0 Å². The van der Waals surface area contributed by atoms with Gasteiger partial charge in [0.15, 0.2) is 0 Å². The van der Waals surface area contributed by atoms with E-state index in [1.807, 2.05) is 39.0 Å². The Morgan fingerprint density at radius 2 is 1.84 bits per heavy atom. The van der Waals surface area contributed by atoms with Crippen molar-refractivity contribution in [3.63, 3.8) is 0 Å². The number of aromatic nitrogens is 2. The number of nitrogens with one attached hydrogen (secondary N) is 2. The smallest absolute Gasteiger partial charge is 0.338 e. The van der Waals surface area contributed by atoms with Crippen molar-refractivity contribution in [3.05, 3.63) is 86.3 Å². The van der Waals surface area contributed by atoms with Crippen LogP contribution >= 0.6 is 11.3 Å². The highest BCUT2D eigenvalue weighted by Gasteiger charge is 2.21. The molecule has 2 aromatic carbocycles. The number of aryl methyl sites for hydroxylation is 3. The molecule has 0 aliphatic carbocycles. The predicted molar refractivity (Wildman–Crippen MR) is 148 cm³/mol. The summed E-state index contributed by atoms with van der Waals surface area (Å²) in [6.07, 6.45) is 2.00. The van der Waals surface area contributed by atoms with Crippen molar-refractivity contribution in [1.82, 2.24) is 9.55 Å². The Labute approximate surface area is 223 Å². The fraction of sp³-hybridized carbons (Fsp3) is 0.250. The number of ether oxygens (including phenoxy) is 1. The molecule has 2 aromatic heterocycles. The van der Waals surface area contributed by atoms with Crippen molar-refractivity contribution in [2.75, 3.05) is 17.2 Å². The molecule has 0 fully saturated rings. The fourth-order valence-corrected chi connectivity index (χ4v) is 5.01. The maximum Gasteiger partial charge on any atom is 0.338 e. The van der Waals surface area contributed by atoms with E-state index in [1.54, 1.807) is 25.1 Å². The Morgan fingerprint density at radius 1 is 1.05 bits per heavy atom. The SMILES string of the molecule is CCCOC(=O)c1cccc(NC(=O)Cn2cnc3sc(C(=O)Nc4ccc(C)cc4C)c(C)c3c2=O)c1. The van der Waals surface area contributed by atoms with Gasteiger partial charge in [0.25, 0.3) is 11.5 Å². The molecule has 0 unspecified atom stereocenters. The molecule has 2 amide bonds. The second-order valence-electron chi connectivity index (χ2n) is 8.95. The van der Waals surface area contributed by atoms with E-state index in [2.05, 4.69) is 15.6 Å². The molecular formula is C28H28N4O5S. The molecule has 9 nitrogen and oxygen atoms in total. The van der Waals surface area contributed by atoms with E-state index in [4.69, 9.17) is 4.74 Å². The average Bonchev–Trinajstić information content (AvgIpc) is 3.23. The summed E-state index contributed by atoms with van der Waals surface area (Å²) in [4.78, 5) is 56.2. The summed E-state index contributed by atoms with van der Waals surface area (Å²) in [6, 6.07) is 12.1. The van der Waals surface area contributed by atoms with Crippen LogP contribution in [-0.4, -0.2) is 33.9 Å². The van der Waals surface area contributed by atoms with Crippen LogP contribution in [0.4, 0.5) is 11.4 Å². The largest absolute Gasteiger partial charge is 0.462 e. The molecule has 0 spiro atoms. The lowest BCUT2D eigenvalue weighted by molar-refractivity contribution is -0.116. The van der Waals surface area contributed by atoms with E-state index < -0.39 is 17.4 Å². The number of benzene rings is 2. The van der Waals surface area contributed by atoms with E-state index >= 15 is 0 Å². The summed E-state index contributed by atoms with van der Waals surface area (Å²) in [5, 5.41) is 5.91. The number of carbonyl (C=O) groups excluding carboxylic acids is 3. The maximum atomic E-state index is 13.2. The summed E-state index contributed by atoms with van der Waals surface area (Å²) < 4.78 is 6.33. The van der Waals surface area contributed by atoms with E-state index in [9.17, 15) is 19.2 Å². The van der Waals surface area contributed by atoms with Crippen LogP contribution in [0, 0.1) is 20.8 Å². The Bertz CT molecular complexity index is 1600. The number of hydrogen-bond donors (Lipinski definition) is 2. The van der Waals surface area contributed by atoms with Gasteiger partial charge in [0.2, 0.25) is 5.91 Å². The highest BCUT2D eigenvalue weighted by molar-refractivity contribution is 7.20. The quantitative estimate of drug-likeness (QED) is 0.314. The van der Waals surface area contributed by atoms with Gasteiger partial charge in [0.1, 0.15) is 11.4 Å². The Hall–Kier alpha value is -4.31. The number of hydrogen-bond acceptors (Lipinski definition) is 7. The molecule has 0 atom stereocenters. The van der Waals surface area contributed by atoms with Gasteiger partial charge in [-0.1, -0.05) is 30.7 Å². The fourth-order valence-electron chi connectivity index (χ4n) is 3.98. The lowest BCUT2D eigenvalue weighted by atomic mass is 10.1. The number of thiophene rings is 1. The highest BCUT2D eigenvalue weighted by Crippen LogP contribution is 2.28. The lowest BCUT2D eigenvalue weighted by Crippen LogP contribution is -2.28. The third-order valence-electron chi connectivity index (χ3n) is 5.89. The summed E-state index contributed by atoms with van der Waals surface area (Å²) in [5.41, 5.74) is 3.54. The van der Waals surface area contributed by atoms with Crippen molar-refractivity contribution < 1.29 is 19.1 Å². The number of fused-ring (bicyclic) bond motifs is 1. The molecule has 0 aliphatic rings. The van der Waals surface area contributed by atoms with Crippen LogP contribution in [0.3, 0.4) is 0 Å². The molecule has 4 aromatic rings. The normalized spacial score (nSPS) is 10.8. The van der Waals surface area contributed by atoms with E-state index in [-0.39, 0.29) is 12.5 Å². The molecule has 0 radical (unpaired) electrons. The third kappa shape index (κ3) is 5.81. The van der Waals surface area contributed by atoms with Crippen molar-refractivity contribution in [1.29, 1.82) is 0 Å². The number of esters is 1. The number of nitrogens with zero attached hydrogens (tertiary/aromatic N) is 2.